The van der Waals surface area contributed by atoms with Crippen molar-refractivity contribution in [2.24, 2.45) is 50.2 Å². The molecular formula is C54H86O23. The van der Waals surface area contributed by atoms with Crippen LogP contribution in [-0.2, 0) is 47.5 Å². The number of fused-ring (bicyclic) bond motifs is 7. The normalized spacial score (nSPS) is 53.4. The van der Waals surface area contributed by atoms with E-state index >= 15 is 0 Å². The van der Waals surface area contributed by atoms with Crippen LogP contribution in [0.25, 0.3) is 0 Å². The Hall–Kier alpha value is -2.08. The van der Waals surface area contributed by atoms with E-state index in [1.807, 2.05) is 0 Å². The van der Waals surface area contributed by atoms with Gasteiger partial charge in [0.15, 0.2) is 25.0 Å². The molecule has 0 spiro atoms. The van der Waals surface area contributed by atoms with E-state index in [2.05, 4.69) is 54.5 Å². The van der Waals surface area contributed by atoms with Crippen LogP contribution >= 0.6 is 0 Å². The molecule has 440 valence electrons. The van der Waals surface area contributed by atoms with E-state index in [-0.39, 0.29) is 39.4 Å². The third kappa shape index (κ3) is 9.66. The topological polar surface area (TPSA) is 371 Å². The molecule has 4 saturated carbocycles. The average Bonchev–Trinajstić information content (AvgIpc) is 3.55. The molecule has 4 aliphatic heterocycles. The number of rotatable bonds is 11. The number of ether oxygens (including phenoxy) is 8. The Balaban J connectivity index is 0.972. The molecule has 9 rings (SSSR count). The summed E-state index contributed by atoms with van der Waals surface area (Å²) in [5.41, 5.74) is -1.37. The molecule has 0 aromatic rings. The zero-order chi connectivity index (χ0) is 56.4. The van der Waals surface area contributed by atoms with Crippen molar-refractivity contribution >= 4 is 11.9 Å². The van der Waals surface area contributed by atoms with Crippen LogP contribution in [0.15, 0.2) is 11.6 Å². The summed E-state index contributed by atoms with van der Waals surface area (Å²) in [5, 5.41) is 139. The van der Waals surface area contributed by atoms with Gasteiger partial charge in [-0.2, -0.15) is 0 Å². The van der Waals surface area contributed by atoms with Gasteiger partial charge in [-0.05, 0) is 116 Å². The van der Waals surface area contributed by atoms with Gasteiger partial charge >= 0.3 is 11.9 Å². The van der Waals surface area contributed by atoms with Crippen LogP contribution in [-0.4, -0.2) is 220 Å². The highest BCUT2D eigenvalue weighted by molar-refractivity contribution is 5.79. The maximum Gasteiger partial charge on any atom is 0.335 e. The second-order valence-electron chi connectivity index (χ2n) is 26.3. The first-order valence-electron chi connectivity index (χ1n) is 27.7. The van der Waals surface area contributed by atoms with E-state index in [1.165, 1.54) is 12.5 Å². The summed E-state index contributed by atoms with van der Waals surface area (Å²) in [5.74, 6) is -2.16. The average molecular weight is 1100 g/mol. The van der Waals surface area contributed by atoms with Crippen LogP contribution in [0, 0.1) is 50.2 Å². The minimum atomic E-state index is -2.08. The number of aliphatic carboxylic acids is 1. The number of esters is 1. The highest BCUT2D eigenvalue weighted by Gasteiger charge is 2.70. The molecule has 0 bridgehead atoms. The molecular weight excluding hydrogens is 1020 g/mol. The number of hydrogen-bond acceptors (Lipinski definition) is 22. The number of aliphatic hydroxyl groups is 12. The fourth-order valence-electron chi connectivity index (χ4n) is 16.4. The van der Waals surface area contributed by atoms with Crippen LogP contribution in [0.1, 0.15) is 120 Å². The molecule has 23 nitrogen and oxygen atoms in total. The van der Waals surface area contributed by atoms with Gasteiger partial charge in [-0.1, -0.05) is 60.1 Å². The lowest BCUT2D eigenvalue weighted by molar-refractivity contribution is -0.395. The van der Waals surface area contributed by atoms with Crippen molar-refractivity contribution in [1.29, 1.82) is 0 Å². The first kappa shape index (κ1) is 59.5. The summed E-state index contributed by atoms with van der Waals surface area (Å²) in [6.07, 6.45) is -25.9. The monoisotopic (exact) mass is 1100 g/mol. The van der Waals surface area contributed by atoms with Crippen LogP contribution in [0.5, 0.6) is 0 Å². The van der Waals surface area contributed by atoms with Gasteiger partial charge in [0.25, 0.3) is 0 Å². The van der Waals surface area contributed by atoms with Gasteiger partial charge in [0.1, 0.15) is 85.5 Å². The molecule has 0 radical (unpaired) electrons. The van der Waals surface area contributed by atoms with Crippen molar-refractivity contribution in [2.75, 3.05) is 13.2 Å². The molecule has 9 aliphatic rings. The number of hydrogen-bond donors (Lipinski definition) is 13. The SMILES string of the molecule is CC1OC(OC2C(OC3C(OC4CCC5(C)C(CCC6(C)C5CC=C5C7CC(C)(C)CCC7(C(=O)OC7OC(CO)C(O)C(O)C7O)CCC56C)C4(C)C)OC(C(=O)O)C(O)C3O)OC(CO)C(O)C2O)C(O)C(O)C1O. The fourth-order valence-corrected chi connectivity index (χ4v) is 16.4. The van der Waals surface area contributed by atoms with Crippen molar-refractivity contribution in [1.82, 2.24) is 0 Å². The lowest BCUT2D eigenvalue weighted by Crippen LogP contribution is -2.68. The summed E-state index contributed by atoms with van der Waals surface area (Å²) in [6, 6.07) is 0. The number of carboxylic acid groups (broad SMARTS) is 1. The van der Waals surface area contributed by atoms with Crippen LogP contribution in [0.2, 0.25) is 0 Å². The fraction of sp³-hybridized carbons (Fsp3) is 0.926. The van der Waals surface area contributed by atoms with Crippen molar-refractivity contribution in [2.45, 2.75) is 249 Å². The summed E-state index contributed by atoms with van der Waals surface area (Å²) < 4.78 is 48.1. The molecule has 0 aromatic carbocycles. The molecule has 23 heteroatoms. The zero-order valence-corrected chi connectivity index (χ0v) is 45.3. The molecule has 77 heavy (non-hydrogen) atoms. The van der Waals surface area contributed by atoms with Crippen LogP contribution < -0.4 is 0 Å². The van der Waals surface area contributed by atoms with E-state index in [0.717, 1.165) is 25.7 Å². The Labute approximate surface area is 448 Å². The summed E-state index contributed by atoms with van der Waals surface area (Å²) in [4.78, 5) is 27.3. The van der Waals surface area contributed by atoms with Crippen LogP contribution in [0.4, 0.5) is 0 Å². The predicted molar refractivity (Wildman–Crippen MR) is 262 cm³/mol. The summed E-state index contributed by atoms with van der Waals surface area (Å²) in [7, 11) is 0. The quantitative estimate of drug-likeness (QED) is 0.0676. The van der Waals surface area contributed by atoms with E-state index in [1.54, 1.807) is 0 Å². The van der Waals surface area contributed by atoms with Gasteiger partial charge in [0.05, 0.1) is 30.8 Å². The number of aliphatic hydroxyl groups excluding tert-OH is 12. The Morgan fingerprint density at radius 3 is 1.78 bits per heavy atom. The number of carboxylic acids is 1. The van der Waals surface area contributed by atoms with Gasteiger partial charge in [-0.3, -0.25) is 4.79 Å². The molecule has 8 fully saturated rings. The van der Waals surface area contributed by atoms with Gasteiger partial charge in [0, 0.05) is 0 Å². The minimum absolute atomic E-state index is 0.0171. The Bertz CT molecular complexity index is 2180. The Morgan fingerprint density at radius 2 is 1.14 bits per heavy atom. The second-order valence-corrected chi connectivity index (χ2v) is 26.3. The zero-order valence-electron chi connectivity index (χ0n) is 45.3. The van der Waals surface area contributed by atoms with Gasteiger partial charge < -0.3 is 104 Å². The van der Waals surface area contributed by atoms with E-state index in [0.29, 0.717) is 38.5 Å². The molecule has 5 aliphatic carbocycles. The molecule has 4 heterocycles. The van der Waals surface area contributed by atoms with Crippen LogP contribution in [0.3, 0.4) is 0 Å². The predicted octanol–water partition coefficient (Wildman–Crippen LogP) is -0.915. The molecule has 0 aromatic heterocycles. The third-order valence-corrected chi connectivity index (χ3v) is 21.4. The lowest BCUT2D eigenvalue weighted by Gasteiger charge is -2.71. The molecule has 0 amide bonds. The van der Waals surface area contributed by atoms with Crippen molar-refractivity contribution in [3.8, 4) is 0 Å². The maximum absolute atomic E-state index is 14.8. The van der Waals surface area contributed by atoms with E-state index < -0.39 is 165 Å². The highest BCUT2D eigenvalue weighted by Crippen LogP contribution is 2.76. The van der Waals surface area contributed by atoms with Gasteiger partial charge in [0.2, 0.25) is 6.29 Å². The third-order valence-electron chi connectivity index (χ3n) is 21.4. The molecule has 4 saturated heterocycles. The standard InChI is InChI=1S/C54H86O23/c1-22-30(57)33(60)38(65)44(70-22)75-41-35(62)32(59)26(21-56)72-46(41)76-42-37(64)36(63)40(43(67)68)74-47(42)73-29-12-13-51(6)27(50(29,4)5)11-14-53(8)28(51)10-9-23-24-19-49(2,3)15-17-54(24,18-16-52(23,53)7)48(69)77-45-39(66)34(61)31(58)25(20-55)71-45/h9,22,24-42,44-47,55-66H,10-21H2,1-8H3,(H,67,68). The second kappa shape index (κ2) is 21.3. The number of carbonyl (C=O) groups is 2. The lowest BCUT2D eigenvalue weighted by atomic mass is 9.33. The highest BCUT2D eigenvalue weighted by atomic mass is 16.8. The first-order chi connectivity index (χ1) is 35.9. The maximum atomic E-state index is 14.8. The summed E-state index contributed by atoms with van der Waals surface area (Å²) in [6.45, 7) is 15.6. The summed E-state index contributed by atoms with van der Waals surface area (Å²) >= 11 is 0. The Kier molecular flexibility index (Phi) is 16.5. The van der Waals surface area contributed by atoms with Crippen molar-refractivity contribution in [3.63, 3.8) is 0 Å². The molecule has 28 atom stereocenters. The van der Waals surface area contributed by atoms with Crippen molar-refractivity contribution in [3.05, 3.63) is 11.6 Å². The molecule has 13 N–H and O–H groups in total. The smallest absolute Gasteiger partial charge is 0.335 e. The largest absolute Gasteiger partial charge is 0.479 e. The van der Waals surface area contributed by atoms with Crippen molar-refractivity contribution < 1.29 is 114 Å². The Morgan fingerprint density at radius 1 is 0.584 bits per heavy atom. The first-order valence-corrected chi connectivity index (χ1v) is 27.7. The van der Waals surface area contributed by atoms with Gasteiger partial charge in [-0.25, -0.2) is 4.79 Å². The molecule has 28 unspecified atom stereocenters. The number of carbonyl (C=O) groups excluding carboxylic acids is 1. The van der Waals surface area contributed by atoms with E-state index in [9.17, 15) is 76.0 Å². The van der Waals surface area contributed by atoms with Gasteiger partial charge in [-0.15, -0.1) is 0 Å². The number of allylic oxidation sites excluding steroid dienone is 2. The minimum Gasteiger partial charge on any atom is -0.479 e. The van der Waals surface area contributed by atoms with E-state index in [4.69, 9.17) is 37.9 Å².